The predicted octanol–water partition coefficient (Wildman–Crippen LogP) is 4.40. The third-order valence-electron chi connectivity index (χ3n) is 3.05. The van der Waals surface area contributed by atoms with Crippen LogP contribution in [0.1, 0.15) is 18.5 Å². The van der Waals surface area contributed by atoms with Crippen LogP contribution in [0.15, 0.2) is 48.5 Å². The molecule has 0 saturated carbocycles. The van der Waals surface area contributed by atoms with Gasteiger partial charge in [-0.05, 0) is 42.9 Å². The summed E-state index contributed by atoms with van der Waals surface area (Å²) >= 11 is 11.5. The zero-order chi connectivity index (χ0) is 15.2. The minimum atomic E-state index is 0.0179. The quantitative estimate of drug-likeness (QED) is 0.818. The van der Waals surface area contributed by atoms with Crippen molar-refractivity contribution in [3.05, 3.63) is 59.1 Å². The van der Waals surface area contributed by atoms with Crippen LogP contribution < -0.4 is 15.4 Å². The average molecular weight is 321 g/mol. The number of benzene rings is 2. The second kappa shape index (κ2) is 7.29. The minimum absolute atomic E-state index is 0.0179. The van der Waals surface area contributed by atoms with Crippen LogP contribution in [0.3, 0.4) is 0 Å². The summed E-state index contributed by atoms with van der Waals surface area (Å²) in [4.78, 5) is 0. The molecule has 2 rings (SSSR count). The van der Waals surface area contributed by atoms with Crippen molar-refractivity contribution >= 4 is 34.6 Å². The van der Waals surface area contributed by atoms with Gasteiger partial charge in [-0.15, -0.1) is 0 Å². The fourth-order valence-electron chi connectivity index (χ4n) is 1.97. The SMILES string of the molecule is COc1cccc(NC(=S)N[C@@H](C)c2ccccc2Cl)c1. The molecule has 0 aliphatic rings. The largest absolute Gasteiger partial charge is 0.497 e. The van der Waals surface area contributed by atoms with Crippen LogP contribution in [-0.4, -0.2) is 12.2 Å². The fraction of sp³-hybridized carbons (Fsp3) is 0.188. The number of ether oxygens (including phenoxy) is 1. The molecule has 0 radical (unpaired) electrons. The molecule has 0 spiro atoms. The molecule has 0 fully saturated rings. The van der Waals surface area contributed by atoms with Crippen molar-refractivity contribution in [1.29, 1.82) is 0 Å². The summed E-state index contributed by atoms with van der Waals surface area (Å²) < 4.78 is 5.18. The summed E-state index contributed by atoms with van der Waals surface area (Å²) in [6, 6.07) is 15.3. The Balaban J connectivity index is 2.00. The van der Waals surface area contributed by atoms with Gasteiger partial charge in [0.25, 0.3) is 0 Å². The molecule has 0 bridgehead atoms. The van der Waals surface area contributed by atoms with Crippen LogP contribution in [0, 0.1) is 0 Å². The van der Waals surface area contributed by atoms with Crippen molar-refractivity contribution in [2.45, 2.75) is 13.0 Å². The van der Waals surface area contributed by atoms with E-state index in [1.54, 1.807) is 7.11 Å². The maximum absolute atomic E-state index is 6.18. The number of hydrogen-bond acceptors (Lipinski definition) is 2. The first-order valence-electron chi connectivity index (χ1n) is 6.56. The Bertz CT molecular complexity index is 633. The van der Waals surface area contributed by atoms with Crippen LogP contribution in [0.2, 0.25) is 5.02 Å². The maximum atomic E-state index is 6.18. The highest BCUT2D eigenvalue weighted by Gasteiger charge is 2.10. The lowest BCUT2D eigenvalue weighted by Gasteiger charge is -2.18. The van der Waals surface area contributed by atoms with Gasteiger partial charge in [0.1, 0.15) is 5.75 Å². The summed E-state index contributed by atoms with van der Waals surface area (Å²) in [5.74, 6) is 0.780. The van der Waals surface area contributed by atoms with E-state index in [-0.39, 0.29) is 6.04 Å². The Labute approximate surface area is 135 Å². The molecule has 2 aromatic carbocycles. The first-order valence-corrected chi connectivity index (χ1v) is 7.35. The van der Waals surface area contributed by atoms with E-state index in [1.807, 2.05) is 55.5 Å². The smallest absolute Gasteiger partial charge is 0.171 e. The standard InChI is InChI=1S/C16H17ClN2OS/c1-11(14-8-3-4-9-15(14)17)18-16(21)19-12-6-5-7-13(10-12)20-2/h3-11H,1-2H3,(H2,18,19,21)/t11-/m0/s1. The molecule has 21 heavy (non-hydrogen) atoms. The van der Waals surface area contributed by atoms with Gasteiger partial charge in [0.15, 0.2) is 5.11 Å². The molecule has 0 aromatic heterocycles. The highest BCUT2D eigenvalue weighted by atomic mass is 35.5. The highest BCUT2D eigenvalue weighted by molar-refractivity contribution is 7.80. The summed E-state index contributed by atoms with van der Waals surface area (Å²) in [5, 5.41) is 7.61. The summed E-state index contributed by atoms with van der Waals surface area (Å²) in [6.45, 7) is 2.01. The molecule has 2 aromatic rings. The van der Waals surface area contributed by atoms with Gasteiger partial charge in [-0.2, -0.15) is 0 Å². The van der Waals surface area contributed by atoms with Crippen molar-refractivity contribution in [3.8, 4) is 5.75 Å². The Hall–Kier alpha value is -1.78. The topological polar surface area (TPSA) is 33.3 Å². The van der Waals surface area contributed by atoms with Gasteiger partial charge in [0.05, 0.1) is 13.2 Å². The van der Waals surface area contributed by atoms with Crippen LogP contribution in [0.25, 0.3) is 0 Å². The molecule has 5 heteroatoms. The van der Waals surface area contributed by atoms with Crippen molar-refractivity contribution < 1.29 is 4.74 Å². The first-order chi connectivity index (χ1) is 10.1. The average Bonchev–Trinajstić information content (AvgIpc) is 2.47. The molecule has 1 atom stereocenters. The first kappa shape index (κ1) is 15.6. The van der Waals surface area contributed by atoms with Gasteiger partial charge in [0, 0.05) is 16.8 Å². The van der Waals surface area contributed by atoms with Crippen molar-refractivity contribution in [1.82, 2.24) is 5.32 Å². The number of thiocarbonyl (C=S) groups is 1. The van der Waals surface area contributed by atoms with E-state index < -0.39 is 0 Å². The van der Waals surface area contributed by atoms with Crippen LogP contribution in [0.4, 0.5) is 5.69 Å². The van der Waals surface area contributed by atoms with Crippen LogP contribution in [-0.2, 0) is 0 Å². The summed E-state index contributed by atoms with van der Waals surface area (Å²) in [7, 11) is 1.63. The fourth-order valence-corrected chi connectivity index (χ4v) is 2.56. The van der Waals surface area contributed by atoms with Gasteiger partial charge in [-0.25, -0.2) is 0 Å². The van der Waals surface area contributed by atoms with E-state index in [2.05, 4.69) is 10.6 Å². The van der Waals surface area contributed by atoms with Gasteiger partial charge < -0.3 is 15.4 Å². The number of rotatable bonds is 4. The molecule has 2 N–H and O–H groups in total. The molecule has 0 aliphatic heterocycles. The molecule has 0 heterocycles. The van der Waals surface area contributed by atoms with Crippen LogP contribution in [0.5, 0.6) is 5.75 Å². The molecule has 0 aliphatic carbocycles. The third kappa shape index (κ3) is 4.34. The molecular weight excluding hydrogens is 304 g/mol. The third-order valence-corrected chi connectivity index (χ3v) is 3.61. The molecule has 0 unspecified atom stereocenters. The number of anilines is 1. The number of hydrogen-bond donors (Lipinski definition) is 2. The minimum Gasteiger partial charge on any atom is -0.497 e. The van der Waals surface area contributed by atoms with E-state index in [0.717, 1.165) is 22.0 Å². The highest BCUT2D eigenvalue weighted by Crippen LogP contribution is 2.22. The summed E-state index contributed by atoms with van der Waals surface area (Å²) in [5.41, 5.74) is 1.88. The lowest BCUT2D eigenvalue weighted by atomic mass is 10.1. The summed E-state index contributed by atoms with van der Waals surface area (Å²) in [6.07, 6.45) is 0. The van der Waals surface area contributed by atoms with Gasteiger partial charge >= 0.3 is 0 Å². The van der Waals surface area contributed by atoms with Crippen LogP contribution >= 0.6 is 23.8 Å². The van der Waals surface area contributed by atoms with E-state index in [9.17, 15) is 0 Å². The molecule has 0 amide bonds. The van der Waals surface area contributed by atoms with E-state index in [4.69, 9.17) is 28.6 Å². The zero-order valence-corrected chi connectivity index (χ0v) is 13.5. The second-order valence-corrected chi connectivity index (χ2v) is 5.39. The zero-order valence-electron chi connectivity index (χ0n) is 11.9. The number of halogens is 1. The molecule has 110 valence electrons. The lowest BCUT2D eigenvalue weighted by Crippen LogP contribution is -2.31. The van der Waals surface area contributed by atoms with Gasteiger partial charge in [0.2, 0.25) is 0 Å². The Morgan fingerprint density at radius 3 is 2.67 bits per heavy atom. The maximum Gasteiger partial charge on any atom is 0.171 e. The Morgan fingerprint density at radius 1 is 1.19 bits per heavy atom. The molecular formula is C16H17ClN2OS. The molecule has 3 nitrogen and oxygen atoms in total. The second-order valence-electron chi connectivity index (χ2n) is 4.57. The van der Waals surface area contributed by atoms with Gasteiger partial charge in [-0.3, -0.25) is 0 Å². The monoisotopic (exact) mass is 320 g/mol. The van der Waals surface area contributed by atoms with Crippen molar-refractivity contribution in [2.75, 3.05) is 12.4 Å². The Morgan fingerprint density at radius 2 is 1.95 bits per heavy atom. The van der Waals surface area contributed by atoms with Gasteiger partial charge in [-0.1, -0.05) is 35.9 Å². The van der Waals surface area contributed by atoms with E-state index in [1.165, 1.54) is 0 Å². The van der Waals surface area contributed by atoms with Crippen molar-refractivity contribution in [2.24, 2.45) is 0 Å². The predicted molar refractivity (Wildman–Crippen MR) is 92.2 cm³/mol. The van der Waals surface area contributed by atoms with E-state index >= 15 is 0 Å². The number of methoxy groups -OCH3 is 1. The lowest BCUT2D eigenvalue weighted by molar-refractivity contribution is 0.415. The normalized spacial score (nSPS) is 11.6. The van der Waals surface area contributed by atoms with Crippen molar-refractivity contribution in [3.63, 3.8) is 0 Å². The Kier molecular flexibility index (Phi) is 5.42. The van der Waals surface area contributed by atoms with E-state index in [0.29, 0.717) is 5.11 Å². The number of nitrogens with one attached hydrogen (secondary N) is 2. The molecule has 0 saturated heterocycles.